The SMILES string of the molecule is CCC(C)(C)c1ccc(Oc2ccc(CO)nn2)cc1. The van der Waals surface area contributed by atoms with E-state index in [2.05, 4.69) is 43.1 Å². The first-order valence-electron chi connectivity index (χ1n) is 6.77. The Morgan fingerprint density at radius 3 is 2.25 bits per heavy atom. The Morgan fingerprint density at radius 1 is 1.05 bits per heavy atom. The molecule has 1 aromatic heterocycles. The lowest BCUT2D eigenvalue weighted by Gasteiger charge is -2.23. The molecule has 20 heavy (non-hydrogen) atoms. The zero-order chi connectivity index (χ0) is 14.6. The van der Waals surface area contributed by atoms with Gasteiger partial charge in [-0.15, -0.1) is 10.2 Å². The van der Waals surface area contributed by atoms with E-state index in [1.54, 1.807) is 12.1 Å². The Hall–Kier alpha value is -1.94. The zero-order valence-electron chi connectivity index (χ0n) is 12.1. The standard InChI is InChI=1S/C16H20N2O2/c1-4-16(2,3)12-5-8-14(9-6-12)20-15-10-7-13(11-19)17-18-15/h5-10,19H,4,11H2,1-3H3. The van der Waals surface area contributed by atoms with Crippen molar-refractivity contribution in [1.82, 2.24) is 10.2 Å². The molecule has 0 saturated heterocycles. The molecule has 1 heterocycles. The molecule has 0 bridgehead atoms. The summed E-state index contributed by atoms with van der Waals surface area (Å²) in [6.07, 6.45) is 1.08. The molecule has 0 radical (unpaired) electrons. The van der Waals surface area contributed by atoms with E-state index in [-0.39, 0.29) is 12.0 Å². The monoisotopic (exact) mass is 272 g/mol. The van der Waals surface area contributed by atoms with Crippen molar-refractivity contribution in [1.29, 1.82) is 0 Å². The van der Waals surface area contributed by atoms with Crippen molar-refractivity contribution >= 4 is 0 Å². The smallest absolute Gasteiger partial charge is 0.238 e. The predicted octanol–water partition coefficient (Wildman–Crippen LogP) is 3.45. The summed E-state index contributed by atoms with van der Waals surface area (Å²) in [5.74, 6) is 1.15. The van der Waals surface area contributed by atoms with Crippen molar-refractivity contribution in [2.45, 2.75) is 39.2 Å². The van der Waals surface area contributed by atoms with Crippen LogP contribution in [-0.2, 0) is 12.0 Å². The molecule has 0 spiro atoms. The van der Waals surface area contributed by atoms with Gasteiger partial charge in [0.15, 0.2) is 0 Å². The fraction of sp³-hybridized carbons (Fsp3) is 0.375. The number of hydrogen-bond donors (Lipinski definition) is 1. The topological polar surface area (TPSA) is 55.2 Å². The van der Waals surface area contributed by atoms with Crippen LogP contribution in [0, 0.1) is 0 Å². The highest BCUT2D eigenvalue weighted by atomic mass is 16.5. The molecule has 106 valence electrons. The fourth-order valence-corrected chi connectivity index (χ4v) is 1.79. The van der Waals surface area contributed by atoms with Crippen molar-refractivity contribution in [3.05, 3.63) is 47.7 Å². The molecular formula is C16H20N2O2. The summed E-state index contributed by atoms with van der Waals surface area (Å²) in [6, 6.07) is 11.4. The lowest BCUT2D eigenvalue weighted by molar-refractivity contribution is 0.274. The van der Waals surface area contributed by atoms with Gasteiger partial charge in [0.1, 0.15) is 5.75 Å². The van der Waals surface area contributed by atoms with Gasteiger partial charge in [-0.1, -0.05) is 32.9 Å². The van der Waals surface area contributed by atoms with E-state index >= 15 is 0 Å². The van der Waals surface area contributed by atoms with Gasteiger partial charge in [-0.3, -0.25) is 0 Å². The molecule has 0 aliphatic heterocycles. The minimum Gasteiger partial charge on any atom is -0.438 e. The Balaban J connectivity index is 2.10. The molecule has 0 aliphatic carbocycles. The third-order valence-corrected chi connectivity index (χ3v) is 3.60. The van der Waals surface area contributed by atoms with E-state index in [4.69, 9.17) is 9.84 Å². The van der Waals surface area contributed by atoms with Crippen molar-refractivity contribution in [3.8, 4) is 11.6 Å². The van der Waals surface area contributed by atoms with Crippen molar-refractivity contribution < 1.29 is 9.84 Å². The second kappa shape index (κ2) is 6.01. The van der Waals surface area contributed by atoms with Crippen LogP contribution in [0.3, 0.4) is 0 Å². The van der Waals surface area contributed by atoms with Crippen LogP contribution in [0.25, 0.3) is 0 Å². The third kappa shape index (κ3) is 3.33. The van der Waals surface area contributed by atoms with Crippen LogP contribution in [0.5, 0.6) is 11.6 Å². The molecule has 1 aromatic carbocycles. The summed E-state index contributed by atoms with van der Waals surface area (Å²) < 4.78 is 5.62. The van der Waals surface area contributed by atoms with E-state index < -0.39 is 0 Å². The summed E-state index contributed by atoms with van der Waals surface area (Å²) in [4.78, 5) is 0. The summed E-state index contributed by atoms with van der Waals surface area (Å²) >= 11 is 0. The van der Waals surface area contributed by atoms with Gasteiger partial charge in [-0.25, -0.2) is 0 Å². The Bertz CT molecular complexity index is 548. The Morgan fingerprint density at radius 2 is 1.75 bits per heavy atom. The molecule has 0 unspecified atom stereocenters. The summed E-state index contributed by atoms with van der Waals surface area (Å²) in [5, 5.41) is 16.6. The second-order valence-corrected chi connectivity index (χ2v) is 5.38. The van der Waals surface area contributed by atoms with Crippen LogP contribution in [-0.4, -0.2) is 15.3 Å². The highest BCUT2D eigenvalue weighted by Crippen LogP contribution is 2.29. The zero-order valence-corrected chi connectivity index (χ0v) is 12.1. The summed E-state index contributed by atoms with van der Waals surface area (Å²) in [7, 11) is 0. The van der Waals surface area contributed by atoms with E-state index in [0.29, 0.717) is 11.6 Å². The molecule has 2 rings (SSSR count). The van der Waals surface area contributed by atoms with Gasteiger partial charge in [0, 0.05) is 6.07 Å². The first-order chi connectivity index (χ1) is 9.55. The van der Waals surface area contributed by atoms with Crippen molar-refractivity contribution in [2.24, 2.45) is 0 Å². The molecule has 4 heteroatoms. The summed E-state index contributed by atoms with van der Waals surface area (Å²) in [5.41, 5.74) is 1.98. The number of nitrogens with zero attached hydrogens (tertiary/aromatic N) is 2. The highest BCUT2D eigenvalue weighted by molar-refractivity contribution is 5.33. The van der Waals surface area contributed by atoms with Gasteiger partial charge in [0.05, 0.1) is 12.3 Å². The van der Waals surface area contributed by atoms with Crippen LogP contribution in [0.1, 0.15) is 38.4 Å². The molecule has 0 fully saturated rings. The van der Waals surface area contributed by atoms with Crippen molar-refractivity contribution in [2.75, 3.05) is 0 Å². The van der Waals surface area contributed by atoms with E-state index in [1.807, 2.05) is 12.1 Å². The number of aliphatic hydroxyl groups excluding tert-OH is 1. The largest absolute Gasteiger partial charge is 0.438 e. The minimum absolute atomic E-state index is 0.117. The van der Waals surface area contributed by atoms with E-state index in [1.165, 1.54) is 5.56 Å². The number of aromatic nitrogens is 2. The molecule has 0 saturated carbocycles. The van der Waals surface area contributed by atoms with Crippen LogP contribution in [0.2, 0.25) is 0 Å². The molecule has 4 nitrogen and oxygen atoms in total. The number of ether oxygens (including phenoxy) is 1. The van der Waals surface area contributed by atoms with Crippen molar-refractivity contribution in [3.63, 3.8) is 0 Å². The van der Waals surface area contributed by atoms with Gasteiger partial charge in [0.25, 0.3) is 0 Å². The average molecular weight is 272 g/mol. The van der Waals surface area contributed by atoms with Gasteiger partial charge >= 0.3 is 0 Å². The fourth-order valence-electron chi connectivity index (χ4n) is 1.79. The number of aliphatic hydroxyl groups is 1. The van der Waals surface area contributed by atoms with E-state index in [9.17, 15) is 0 Å². The first kappa shape index (κ1) is 14.5. The maximum absolute atomic E-state index is 8.91. The maximum atomic E-state index is 8.91. The number of rotatable bonds is 5. The van der Waals surface area contributed by atoms with Crippen LogP contribution >= 0.6 is 0 Å². The third-order valence-electron chi connectivity index (χ3n) is 3.60. The minimum atomic E-state index is -0.117. The molecule has 1 N–H and O–H groups in total. The van der Waals surface area contributed by atoms with Gasteiger partial charge in [0.2, 0.25) is 5.88 Å². The van der Waals surface area contributed by atoms with E-state index in [0.717, 1.165) is 12.2 Å². The Kier molecular flexibility index (Phi) is 4.35. The molecular weight excluding hydrogens is 252 g/mol. The number of hydrogen-bond acceptors (Lipinski definition) is 4. The lowest BCUT2D eigenvalue weighted by atomic mass is 9.82. The summed E-state index contributed by atoms with van der Waals surface area (Å²) in [6.45, 7) is 6.51. The van der Waals surface area contributed by atoms with Gasteiger partial charge < -0.3 is 9.84 Å². The average Bonchev–Trinajstić information content (AvgIpc) is 2.48. The highest BCUT2D eigenvalue weighted by Gasteiger charge is 2.17. The predicted molar refractivity (Wildman–Crippen MR) is 77.8 cm³/mol. The van der Waals surface area contributed by atoms with Crippen LogP contribution in [0.4, 0.5) is 0 Å². The molecule has 0 amide bonds. The van der Waals surface area contributed by atoms with Gasteiger partial charge in [-0.2, -0.15) is 0 Å². The van der Waals surface area contributed by atoms with Crippen LogP contribution < -0.4 is 4.74 Å². The lowest BCUT2D eigenvalue weighted by Crippen LogP contribution is -2.14. The molecule has 2 aromatic rings. The van der Waals surface area contributed by atoms with Gasteiger partial charge in [-0.05, 0) is 35.6 Å². The molecule has 0 atom stereocenters. The molecule has 0 aliphatic rings. The Labute approximate surface area is 119 Å². The second-order valence-electron chi connectivity index (χ2n) is 5.38. The first-order valence-corrected chi connectivity index (χ1v) is 6.77. The number of benzene rings is 1. The quantitative estimate of drug-likeness (QED) is 0.905. The normalized spacial score (nSPS) is 11.4. The van der Waals surface area contributed by atoms with Crippen LogP contribution in [0.15, 0.2) is 36.4 Å². The maximum Gasteiger partial charge on any atom is 0.238 e.